The number of halogens is 2. The van der Waals surface area contributed by atoms with E-state index in [1.807, 2.05) is 29.2 Å². The van der Waals surface area contributed by atoms with Crippen LogP contribution in [0.2, 0.25) is 5.02 Å². The summed E-state index contributed by atoms with van der Waals surface area (Å²) in [4.78, 5) is 26.6. The zero-order valence-corrected chi connectivity index (χ0v) is 16.6. The highest BCUT2D eigenvalue weighted by atomic mass is 79.9. The Kier molecular flexibility index (Phi) is 6.33. The van der Waals surface area contributed by atoms with Gasteiger partial charge in [-0.3, -0.25) is 9.59 Å². The number of likely N-dealkylation sites (tertiary alicyclic amines) is 1. The predicted molar refractivity (Wildman–Crippen MR) is 106 cm³/mol. The molecule has 2 amide bonds. The minimum atomic E-state index is -0.0663. The monoisotopic (exact) mass is 434 g/mol. The molecular formula is C20H20BrClN2O2. The Labute approximate surface area is 166 Å². The van der Waals surface area contributed by atoms with Crippen molar-refractivity contribution >= 4 is 39.3 Å². The average molecular weight is 436 g/mol. The van der Waals surface area contributed by atoms with E-state index in [4.69, 9.17) is 11.6 Å². The van der Waals surface area contributed by atoms with Crippen LogP contribution < -0.4 is 5.32 Å². The summed E-state index contributed by atoms with van der Waals surface area (Å²) in [7, 11) is 0. The molecule has 1 aliphatic heterocycles. The molecule has 1 aliphatic rings. The zero-order valence-electron chi connectivity index (χ0n) is 14.3. The molecule has 6 heteroatoms. The molecular weight excluding hydrogens is 416 g/mol. The molecule has 0 aliphatic carbocycles. The first kappa shape index (κ1) is 18.9. The fourth-order valence-electron chi connectivity index (χ4n) is 3.03. The molecule has 0 bridgehead atoms. The van der Waals surface area contributed by atoms with Gasteiger partial charge in [-0.05, 0) is 54.8 Å². The zero-order chi connectivity index (χ0) is 18.5. The van der Waals surface area contributed by atoms with Crippen LogP contribution in [0.25, 0.3) is 0 Å². The fraction of sp³-hybridized carbons (Fsp3) is 0.300. The van der Waals surface area contributed by atoms with E-state index in [1.165, 1.54) is 0 Å². The highest BCUT2D eigenvalue weighted by Gasteiger charge is 2.24. The predicted octanol–water partition coefficient (Wildman–Crippen LogP) is 4.07. The van der Waals surface area contributed by atoms with Crippen molar-refractivity contribution in [1.29, 1.82) is 0 Å². The topological polar surface area (TPSA) is 49.4 Å². The van der Waals surface area contributed by atoms with Crippen molar-refractivity contribution in [3.8, 4) is 0 Å². The lowest BCUT2D eigenvalue weighted by atomic mass is 10.0. The molecule has 1 saturated heterocycles. The van der Waals surface area contributed by atoms with Gasteiger partial charge in [0.2, 0.25) is 5.91 Å². The molecule has 4 nitrogen and oxygen atoms in total. The Balaban J connectivity index is 1.47. The number of rotatable bonds is 4. The average Bonchev–Trinajstić information content (AvgIpc) is 2.64. The number of nitrogens with zero attached hydrogens (tertiary/aromatic N) is 1. The molecule has 26 heavy (non-hydrogen) atoms. The van der Waals surface area contributed by atoms with Gasteiger partial charge in [-0.2, -0.15) is 0 Å². The third-order valence-corrected chi connectivity index (χ3v) is 5.34. The Bertz CT molecular complexity index is 769. The van der Waals surface area contributed by atoms with Gasteiger partial charge in [-0.25, -0.2) is 0 Å². The van der Waals surface area contributed by atoms with Crippen LogP contribution >= 0.6 is 27.5 Å². The smallest absolute Gasteiger partial charge is 0.251 e. The van der Waals surface area contributed by atoms with Gasteiger partial charge in [0, 0.05) is 34.2 Å². The summed E-state index contributed by atoms with van der Waals surface area (Å²) >= 11 is 9.24. The normalized spacial score (nSPS) is 14.9. The summed E-state index contributed by atoms with van der Waals surface area (Å²) in [6.07, 6.45) is 1.93. The number of nitrogens with one attached hydrogen (secondary N) is 1. The van der Waals surface area contributed by atoms with Gasteiger partial charge < -0.3 is 10.2 Å². The molecule has 0 unspecified atom stereocenters. The van der Waals surface area contributed by atoms with E-state index < -0.39 is 0 Å². The lowest BCUT2D eigenvalue weighted by molar-refractivity contribution is -0.131. The van der Waals surface area contributed by atoms with Crippen molar-refractivity contribution in [1.82, 2.24) is 10.2 Å². The Morgan fingerprint density at radius 3 is 2.27 bits per heavy atom. The minimum Gasteiger partial charge on any atom is -0.349 e. The minimum absolute atomic E-state index is 0.0663. The van der Waals surface area contributed by atoms with Gasteiger partial charge in [-0.1, -0.05) is 39.7 Å². The molecule has 0 atom stereocenters. The van der Waals surface area contributed by atoms with Gasteiger partial charge in [-0.15, -0.1) is 0 Å². The molecule has 0 radical (unpaired) electrons. The van der Waals surface area contributed by atoms with Crippen LogP contribution in [0.1, 0.15) is 28.8 Å². The number of hydrogen-bond acceptors (Lipinski definition) is 2. The van der Waals surface area contributed by atoms with Gasteiger partial charge in [0.1, 0.15) is 0 Å². The van der Waals surface area contributed by atoms with Gasteiger partial charge in [0.15, 0.2) is 0 Å². The van der Waals surface area contributed by atoms with Crippen LogP contribution in [-0.4, -0.2) is 35.8 Å². The summed E-state index contributed by atoms with van der Waals surface area (Å²) in [5.41, 5.74) is 1.61. The van der Waals surface area contributed by atoms with E-state index >= 15 is 0 Å². The van der Waals surface area contributed by atoms with Crippen molar-refractivity contribution in [2.75, 3.05) is 13.1 Å². The maximum absolute atomic E-state index is 12.4. The second-order valence-corrected chi connectivity index (χ2v) is 7.79. The maximum atomic E-state index is 12.4. The Morgan fingerprint density at radius 1 is 1.04 bits per heavy atom. The van der Waals surface area contributed by atoms with E-state index in [0.717, 1.165) is 22.9 Å². The molecule has 3 rings (SSSR count). The molecule has 0 saturated carbocycles. The molecule has 2 aromatic carbocycles. The number of carbonyl (C=O) groups is 2. The van der Waals surface area contributed by atoms with E-state index in [1.54, 1.807) is 24.3 Å². The van der Waals surface area contributed by atoms with Crippen LogP contribution in [0.5, 0.6) is 0 Å². The first-order valence-electron chi connectivity index (χ1n) is 8.60. The Morgan fingerprint density at radius 2 is 1.65 bits per heavy atom. The molecule has 2 aromatic rings. The van der Waals surface area contributed by atoms with E-state index in [-0.39, 0.29) is 17.9 Å². The van der Waals surface area contributed by atoms with Gasteiger partial charge >= 0.3 is 0 Å². The molecule has 1 fully saturated rings. The first-order chi connectivity index (χ1) is 12.5. The summed E-state index contributed by atoms with van der Waals surface area (Å²) in [5.74, 6) is 0.0495. The van der Waals surface area contributed by atoms with Crippen LogP contribution in [-0.2, 0) is 11.2 Å². The lowest BCUT2D eigenvalue weighted by Gasteiger charge is -2.32. The van der Waals surface area contributed by atoms with Crippen molar-refractivity contribution in [2.24, 2.45) is 0 Å². The van der Waals surface area contributed by atoms with Gasteiger partial charge in [0.05, 0.1) is 6.42 Å². The largest absolute Gasteiger partial charge is 0.349 e. The second kappa shape index (κ2) is 8.69. The van der Waals surface area contributed by atoms with Crippen LogP contribution in [0.4, 0.5) is 0 Å². The number of benzene rings is 2. The van der Waals surface area contributed by atoms with Crippen LogP contribution in [0, 0.1) is 0 Å². The molecule has 136 valence electrons. The van der Waals surface area contributed by atoms with Gasteiger partial charge in [0.25, 0.3) is 5.91 Å². The molecule has 1 heterocycles. The third-order valence-electron chi connectivity index (χ3n) is 4.56. The molecule has 0 spiro atoms. The van der Waals surface area contributed by atoms with Crippen molar-refractivity contribution in [3.05, 3.63) is 69.2 Å². The molecule has 1 N–H and O–H groups in total. The summed E-state index contributed by atoms with van der Waals surface area (Å²) in [6, 6.07) is 14.8. The quantitative estimate of drug-likeness (QED) is 0.787. The number of carbonyl (C=O) groups excluding carboxylic acids is 2. The van der Waals surface area contributed by atoms with E-state index in [0.29, 0.717) is 30.1 Å². The highest BCUT2D eigenvalue weighted by molar-refractivity contribution is 9.10. The van der Waals surface area contributed by atoms with Crippen molar-refractivity contribution < 1.29 is 9.59 Å². The SMILES string of the molecule is O=C(NC1CCN(C(=O)Cc2ccc(Cl)cc2)CC1)c1ccc(Br)cc1. The van der Waals surface area contributed by atoms with Crippen molar-refractivity contribution in [2.45, 2.75) is 25.3 Å². The number of piperidine rings is 1. The molecule has 0 aromatic heterocycles. The van der Waals surface area contributed by atoms with E-state index in [2.05, 4.69) is 21.2 Å². The first-order valence-corrected chi connectivity index (χ1v) is 9.77. The number of hydrogen-bond donors (Lipinski definition) is 1. The van der Waals surface area contributed by atoms with Crippen LogP contribution in [0.3, 0.4) is 0 Å². The van der Waals surface area contributed by atoms with Crippen molar-refractivity contribution in [3.63, 3.8) is 0 Å². The third kappa shape index (κ3) is 5.08. The lowest BCUT2D eigenvalue weighted by Crippen LogP contribution is -2.46. The summed E-state index contributed by atoms with van der Waals surface area (Å²) in [6.45, 7) is 1.33. The standard InChI is InChI=1S/C20H20BrClN2O2/c21-16-5-3-15(4-6-16)20(26)23-18-9-11-24(12-10-18)19(25)13-14-1-7-17(22)8-2-14/h1-8,18H,9-13H2,(H,23,26). The highest BCUT2D eigenvalue weighted by Crippen LogP contribution is 2.16. The second-order valence-electron chi connectivity index (χ2n) is 6.44. The summed E-state index contributed by atoms with van der Waals surface area (Å²) < 4.78 is 0.946. The van der Waals surface area contributed by atoms with Crippen LogP contribution in [0.15, 0.2) is 53.0 Å². The fourth-order valence-corrected chi connectivity index (χ4v) is 3.42. The summed E-state index contributed by atoms with van der Waals surface area (Å²) in [5, 5.41) is 3.73. The van der Waals surface area contributed by atoms with E-state index in [9.17, 15) is 9.59 Å². The number of amides is 2. The Hall–Kier alpha value is -1.85. The maximum Gasteiger partial charge on any atom is 0.251 e.